The first-order chi connectivity index (χ1) is 9.20. The Balaban J connectivity index is 1.84. The van der Waals surface area contributed by atoms with Crippen molar-refractivity contribution in [3.63, 3.8) is 0 Å². The molecule has 1 aliphatic rings. The predicted octanol–water partition coefficient (Wildman–Crippen LogP) is 1.51. The van der Waals surface area contributed by atoms with Crippen molar-refractivity contribution in [2.24, 2.45) is 5.92 Å². The fourth-order valence-electron chi connectivity index (χ4n) is 2.58. The summed E-state index contributed by atoms with van der Waals surface area (Å²) in [4.78, 5) is 11.9. The van der Waals surface area contributed by atoms with Gasteiger partial charge in [-0.15, -0.1) is 0 Å². The number of hydrogen-bond acceptors (Lipinski definition) is 3. The number of methoxy groups -OCH3 is 1. The lowest BCUT2D eigenvalue weighted by molar-refractivity contribution is -0.120. The number of hydrogen-bond donors (Lipinski definition) is 2. The third kappa shape index (κ3) is 3.70. The number of carbonyl (C=O) groups is 1. The molecular formula is C15H21NO3. The highest BCUT2D eigenvalue weighted by molar-refractivity contribution is 5.79. The van der Waals surface area contributed by atoms with Gasteiger partial charge in [0, 0.05) is 18.0 Å². The molecule has 2 unspecified atom stereocenters. The molecule has 4 heteroatoms. The lowest BCUT2D eigenvalue weighted by Crippen LogP contribution is -2.33. The first-order valence-corrected chi connectivity index (χ1v) is 6.77. The highest BCUT2D eigenvalue weighted by Crippen LogP contribution is 2.24. The van der Waals surface area contributed by atoms with Crippen molar-refractivity contribution in [1.29, 1.82) is 0 Å². The number of benzene rings is 1. The molecule has 4 nitrogen and oxygen atoms in total. The molecule has 0 aliphatic heterocycles. The molecule has 0 aromatic heterocycles. The molecule has 1 fully saturated rings. The number of rotatable bonds is 5. The minimum absolute atomic E-state index is 0.0244. The minimum Gasteiger partial charge on any atom is -0.496 e. The van der Waals surface area contributed by atoms with Crippen LogP contribution >= 0.6 is 0 Å². The van der Waals surface area contributed by atoms with Crippen LogP contribution in [0.5, 0.6) is 5.75 Å². The summed E-state index contributed by atoms with van der Waals surface area (Å²) in [7, 11) is 1.60. The summed E-state index contributed by atoms with van der Waals surface area (Å²) in [5, 5.41) is 12.6. The van der Waals surface area contributed by atoms with E-state index in [4.69, 9.17) is 4.74 Å². The highest BCUT2D eigenvalue weighted by Gasteiger charge is 2.25. The number of aliphatic hydroxyl groups excluding tert-OH is 1. The van der Waals surface area contributed by atoms with E-state index in [0.29, 0.717) is 13.0 Å². The maximum atomic E-state index is 11.9. The average Bonchev–Trinajstić information content (AvgIpc) is 2.82. The first-order valence-electron chi connectivity index (χ1n) is 6.77. The Kier molecular flexibility index (Phi) is 4.80. The zero-order valence-corrected chi connectivity index (χ0v) is 11.3. The largest absolute Gasteiger partial charge is 0.496 e. The number of para-hydroxylation sites is 1. The van der Waals surface area contributed by atoms with Crippen molar-refractivity contribution in [2.45, 2.75) is 31.8 Å². The Labute approximate surface area is 113 Å². The topological polar surface area (TPSA) is 58.6 Å². The van der Waals surface area contributed by atoms with Crippen LogP contribution in [0.3, 0.4) is 0 Å². The van der Waals surface area contributed by atoms with E-state index in [1.807, 2.05) is 24.3 Å². The number of carbonyl (C=O) groups excluding carboxylic acids is 1. The molecule has 104 valence electrons. The van der Waals surface area contributed by atoms with Crippen molar-refractivity contribution in [2.75, 3.05) is 13.7 Å². The van der Waals surface area contributed by atoms with Gasteiger partial charge in [-0.25, -0.2) is 0 Å². The standard InChI is InChI=1S/C15H21NO3/c1-19-14-8-3-2-5-11(14)9-15(18)16-10-12-6-4-7-13(12)17/h2-3,5,8,12-13,17H,4,6-7,9-10H2,1H3,(H,16,18). The van der Waals surface area contributed by atoms with E-state index in [1.165, 1.54) is 0 Å². The van der Waals surface area contributed by atoms with Crippen LogP contribution in [0, 0.1) is 5.92 Å². The second kappa shape index (κ2) is 6.57. The summed E-state index contributed by atoms with van der Waals surface area (Å²) < 4.78 is 5.22. The van der Waals surface area contributed by atoms with Gasteiger partial charge in [0.05, 0.1) is 19.6 Å². The molecule has 0 spiro atoms. The first kappa shape index (κ1) is 13.9. The third-order valence-corrected chi connectivity index (χ3v) is 3.72. The summed E-state index contributed by atoms with van der Waals surface area (Å²) >= 11 is 0. The Morgan fingerprint density at radius 1 is 1.42 bits per heavy atom. The molecule has 1 aromatic rings. The molecule has 0 bridgehead atoms. The fraction of sp³-hybridized carbons (Fsp3) is 0.533. The second-order valence-electron chi connectivity index (χ2n) is 5.05. The van der Waals surface area contributed by atoms with Gasteiger partial charge in [0.2, 0.25) is 5.91 Å². The van der Waals surface area contributed by atoms with Crippen molar-refractivity contribution in [1.82, 2.24) is 5.32 Å². The van der Waals surface area contributed by atoms with E-state index in [1.54, 1.807) is 7.11 Å². The summed E-state index contributed by atoms with van der Waals surface area (Å²) in [5.41, 5.74) is 0.884. The van der Waals surface area contributed by atoms with Gasteiger partial charge in [-0.05, 0) is 18.9 Å². The van der Waals surface area contributed by atoms with Crippen molar-refractivity contribution < 1.29 is 14.6 Å². The molecule has 0 radical (unpaired) electrons. The van der Waals surface area contributed by atoms with Gasteiger partial charge in [-0.2, -0.15) is 0 Å². The van der Waals surface area contributed by atoms with Crippen LogP contribution in [-0.4, -0.2) is 30.8 Å². The number of aliphatic hydroxyl groups is 1. The summed E-state index contributed by atoms with van der Waals surface area (Å²) in [6.45, 7) is 0.565. The molecular weight excluding hydrogens is 242 g/mol. The number of amides is 1. The van der Waals surface area contributed by atoms with E-state index in [-0.39, 0.29) is 17.9 Å². The molecule has 1 saturated carbocycles. The predicted molar refractivity (Wildman–Crippen MR) is 73.1 cm³/mol. The van der Waals surface area contributed by atoms with Crippen LogP contribution in [0.15, 0.2) is 24.3 Å². The maximum Gasteiger partial charge on any atom is 0.224 e. The van der Waals surface area contributed by atoms with E-state index in [9.17, 15) is 9.90 Å². The Morgan fingerprint density at radius 2 is 2.21 bits per heavy atom. The van der Waals surface area contributed by atoms with E-state index >= 15 is 0 Å². The van der Waals surface area contributed by atoms with Gasteiger partial charge in [-0.1, -0.05) is 24.6 Å². The molecule has 19 heavy (non-hydrogen) atoms. The van der Waals surface area contributed by atoms with Gasteiger partial charge in [0.15, 0.2) is 0 Å². The van der Waals surface area contributed by atoms with Gasteiger partial charge in [-0.3, -0.25) is 4.79 Å². The zero-order chi connectivity index (χ0) is 13.7. The summed E-state index contributed by atoms with van der Waals surface area (Å²) in [6.07, 6.45) is 2.95. The molecule has 2 rings (SSSR count). The van der Waals surface area contributed by atoms with E-state index in [2.05, 4.69) is 5.32 Å². The quantitative estimate of drug-likeness (QED) is 0.846. The van der Waals surface area contributed by atoms with Gasteiger partial charge in [0.25, 0.3) is 0 Å². The van der Waals surface area contributed by atoms with Crippen molar-refractivity contribution in [3.05, 3.63) is 29.8 Å². The minimum atomic E-state index is -0.258. The normalized spacial score (nSPS) is 22.2. The molecule has 2 atom stereocenters. The van der Waals surface area contributed by atoms with Crippen LogP contribution < -0.4 is 10.1 Å². The second-order valence-corrected chi connectivity index (χ2v) is 5.05. The average molecular weight is 263 g/mol. The van der Waals surface area contributed by atoms with Gasteiger partial charge >= 0.3 is 0 Å². The van der Waals surface area contributed by atoms with E-state index < -0.39 is 0 Å². The summed E-state index contributed by atoms with van der Waals surface area (Å²) in [5.74, 6) is 0.920. The Hall–Kier alpha value is -1.55. The molecule has 0 heterocycles. The Morgan fingerprint density at radius 3 is 2.89 bits per heavy atom. The lowest BCUT2D eigenvalue weighted by Gasteiger charge is -2.15. The fourth-order valence-corrected chi connectivity index (χ4v) is 2.58. The van der Waals surface area contributed by atoms with Crippen molar-refractivity contribution in [3.8, 4) is 5.75 Å². The van der Waals surface area contributed by atoms with Gasteiger partial charge in [0.1, 0.15) is 5.75 Å². The zero-order valence-electron chi connectivity index (χ0n) is 11.3. The van der Waals surface area contributed by atoms with Crippen molar-refractivity contribution >= 4 is 5.91 Å². The monoisotopic (exact) mass is 263 g/mol. The van der Waals surface area contributed by atoms with Gasteiger partial charge < -0.3 is 15.2 Å². The van der Waals surface area contributed by atoms with Crippen LogP contribution in [0.2, 0.25) is 0 Å². The molecule has 1 aromatic carbocycles. The molecule has 1 aliphatic carbocycles. The van der Waals surface area contributed by atoms with Crippen LogP contribution in [0.4, 0.5) is 0 Å². The number of nitrogens with one attached hydrogen (secondary N) is 1. The van der Waals surface area contributed by atoms with Crippen LogP contribution in [0.25, 0.3) is 0 Å². The third-order valence-electron chi connectivity index (χ3n) is 3.72. The Bertz CT molecular complexity index is 433. The van der Waals surface area contributed by atoms with E-state index in [0.717, 1.165) is 30.6 Å². The lowest BCUT2D eigenvalue weighted by atomic mass is 10.1. The molecule has 2 N–H and O–H groups in total. The highest BCUT2D eigenvalue weighted by atomic mass is 16.5. The van der Waals surface area contributed by atoms with Crippen LogP contribution in [-0.2, 0) is 11.2 Å². The maximum absolute atomic E-state index is 11.9. The molecule has 1 amide bonds. The summed E-state index contributed by atoms with van der Waals surface area (Å²) in [6, 6.07) is 7.52. The molecule has 0 saturated heterocycles. The SMILES string of the molecule is COc1ccccc1CC(=O)NCC1CCCC1O. The smallest absolute Gasteiger partial charge is 0.224 e. The number of ether oxygens (including phenoxy) is 1. The van der Waals surface area contributed by atoms with Crippen LogP contribution in [0.1, 0.15) is 24.8 Å².